The molecule has 2 unspecified atom stereocenters. The minimum atomic E-state index is 0.235. The molecule has 2 rings (SSSR count). The summed E-state index contributed by atoms with van der Waals surface area (Å²) in [4.78, 5) is 2.51. The van der Waals surface area contributed by atoms with E-state index >= 15 is 0 Å². The molecule has 118 valence electrons. The Balaban J connectivity index is 2.23. The Morgan fingerprint density at radius 2 is 1.81 bits per heavy atom. The van der Waals surface area contributed by atoms with Crippen LogP contribution in [0, 0.1) is 5.92 Å². The molecule has 1 saturated heterocycles. The second-order valence-electron chi connectivity index (χ2n) is 5.97. The number of hydrogen-bond donors (Lipinski definition) is 1. The van der Waals surface area contributed by atoms with E-state index in [4.69, 9.17) is 15.2 Å². The number of rotatable bonds is 5. The van der Waals surface area contributed by atoms with E-state index in [1.54, 1.807) is 14.2 Å². The van der Waals surface area contributed by atoms with Crippen molar-refractivity contribution in [2.45, 2.75) is 32.2 Å². The molecule has 1 aliphatic rings. The Morgan fingerprint density at radius 3 is 2.38 bits per heavy atom. The van der Waals surface area contributed by atoms with Gasteiger partial charge in [-0.05, 0) is 56.0 Å². The topological polar surface area (TPSA) is 47.7 Å². The van der Waals surface area contributed by atoms with Crippen LogP contribution >= 0.6 is 0 Å². The molecule has 2 atom stereocenters. The van der Waals surface area contributed by atoms with Gasteiger partial charge in [-0.15, -0.1) is 0 Å². The SMILES string of the molecule is COc1cc(OC)cc(C(CN)N2CCCC(C)CC2)c1. The van der Waals surface area contributed by atoms with Gasteiger partial charge in [0.25, 0.3) is 0 Å². The van der Waals surface area contributed by atoms with E-state index in [0.29, 0.717) is 6.54 Å². The van der Waals surface area contributed by atoms with Crippen molar-refractivity contribution in [2.24, 2.45) is 11.7 Å². The average molecular weight is 292 g/mol. The summed E-state index contributed by atoms with van der Waals surface area (Å²) in [5.74, 6) is 2.46. The predicted molar refractivity (Wildman–Crippen MR) is 85.9 cm³/mol. The van der Waals surface area contributed by atoms with Crippen molar-refractivity contribution in [3.63, 3.8) is 0 Å². The number of benzene rings is 1. The molecular formula is C17H28N2O2. The van der Waals surface area contributed by atoms with E-state index in [2.05, 4.69) is 24.0 Å². The van der Waals surface area contributed by atoms with Crippen molar-refractivity contribution in [2.75, 3.05) is 33.9 Å². The fourth-order valence-electron chi connectivity index (χ4n) is 3.11. The maximum atomic E-state index is 6.08. The Bertz CT molecular complexity index is 428. The van der Waals surface area contributed by atoms with Crippen LogP contribution < -0.4 is 15.2 Å². The van der Waals surface area contributed by atoms with Crippen LogP contribution in [-0.2, 0) is 0 Å². The first-order valence-corrected chi connectivity index (χ1v) is 7.85. The summed E-state index contributed by atoms with van der Waals surface area (Å²) in [7, 11) is 3.37. The van der Waals surface area contributed by atoms with Gasteiger partial charge in [0.1, 0.15) is 11.5 Å². The molecule has 1 fully saturated rings. The summed E-state index contributed by atoms with van der Waals surface area (Å²) < 4.78 is 10.8. The van der Waals surface area contributed by atoms with Gasteiger partial charge in [0.05, 0.1) is 14.2 Å². The zero-order valence-corrected chi connectivity index (χ0v) is 13.5. The molecule has 1 aromatic rings. The van der Waals surface area contributed by atoms with Crippen LogP contribution in [0.3, 0.4) is 0 Å². The van der Waals surface area contributed by atoms with Crippen molar-refractivity contribution in [3.8, 4) is 11.5 Å². The van der Waals surface area contributed by atoms with Crippen LogP contribution in [-0.4, -0.2) is 38.8 Å². The molecule has 0 amide bonds. The molecule has 4 heteroatoms. The van der Waals surface area contributed by atoms with Crippen LogP contribution in [0.25, 0.3) is 0 Å². The lowest BCUT2D eigenvalue weighted by Crippen LogP contribution is -2.34. The van der Waals surface area contributed by atoms with Gasteiger partial charge >= 0.3 is 0 Å². The summed E-state index contributed by atoms with van der Waals surface area (Å²) in [5.41, 5.74) is 7.26. The lowest BCUT2D eigenvalue weighted by atomic mass is 10.0. The van der Waals surface area contributed by atoms with E-state index < -0.39 is 0 Å². The number of likely N-dealkylation sites (tertiary alicyclic amines) is 1. The molecule has 0 radical (unpaired) electrons. The van der Waals surface area contributed by atoms with Crippen molar-refractivity contribution in [1.82, 2.24) is 4.90 Å². The molecule has 1 aliphatic heterocycles. The van der Waals surface area contributed by atoms with E-state index in [0.717, 1.165) is 30.5 Å². The second kappa shape index (κ2) is 7.66. The van der Waals surface area contributed by atoms with Crippen molar-refractivity contribution >= 4 is 0 Å². The average Bonchev–Trinajstić information content (AvgIpc) is 2.72. The summed E-state index contributed by atoms with van der Waals surface area (Å²) in [6.07, 6.45) is 3.81. The second-order valence-corrected chi connectivity index (χ2v) is 5.97. The highest BCUT2D eigenvalue weighted by Gasteiger charge is 2.23. The smallest absolute Gasteiger partial charge is 0.122 e. The monoisotopic (exact) mass is 292 g/mol. The zero-order chi connectivity index (χ0) is 15.2. The van der Waals surface area contributed by atoms with E-state index in [1.165, 1.54) is 24.8 Å². The predicted octanol–water partition coefficient (Wildman–Crippen LogP) is 2.83. The fraction of sp³-hybridized carbons (Fsp3) is 0.647. The van der Waals surface area contributed by atoms with Crippen LogP contribution in [0.4, 0.5) is 0 Å². The lowest BCUT2D eigenvalue weighted by Gasteiger charge is -2.30. The molecule has 4 nitrogen and oxygen atoms in total. The zero-order valence-electron chi connectivity index (χ0n) is 13.5. The van der Waals surface area contributed by atoms with E-state index in [9.17, 15) is 0 Å². The summed E-state index contributed by atoms with van der Waals surface area (Å²) in [6, 6.07) is 6.30. The van der Waals surface area contributed by atoms with Gasteiger partial charge in [0, 0.05) is 18.7 Å². The molecule has 1 heterocycles. The highest BCUT2D eigenvalue weighted by molar-refractivity contribution is 5.40. The molecule has 2 N–H and O–H groups in total. The van der Waals surface area contributed by atoms with Gasteiger partial charge in [-0.25, -0.2) is 0 Å². The number of ether oxygens (including phenoxy) is 2. The lowest BCUT2D eigenvalue weighted by molar-refractivity contribution is 0.207. The highest BCUT2D eigenvalue weighted by atomic mass is 16.5. The van der Waals surface area contributed by atoms with Crippen LogP contribution in [0.5, 0.6) is 11.5 Å². The Labute approximate surface area is 128 Å². The quantitative estimate of drug-likeness (QED) is 0.906. The van der Waals surface area contributed by atoms with Crippen LogP contribution in [0.2, 0.25) is 0 Å². The van der Waals surface area contributed by atoms with E-state index in [1.807, 2.05) is 6.07 Å². The summed E-state index contributed by atoms with van der Waals surface area (Å²) >= 11 is 0. The Kier molecular flexibility index (Phi) is 5.88. The van der Waals surface area contributed by atoms with Gasteiger partial charge in [-0.3, -0.25) is 4.90 Å². The number of hydrogen-bond acceptors (Lipinski definition) is 4. The van der Waals surface area contributed by atoms with Gasteiger partial charge in [0.15, 0.2) is 0 Å². The first kappa shape index (κ1) is 16.1. The van der Waals surface area contributed by atoms with E-state index in [-0.39, 0.29) is 6.04 Å². The van der Waals surface area contributed by atoms with Crippen LogP contribution in [0.1, 0.15) is 37.8 Å². The van der Waals surface area contributed by atoms with Gasteiger partial charge in [-0.1, -0.05) is 6.92 Å². The van der Waals surface area contributed by atoms with Crippen molar-refractivity contribution < 1.29 is 9.47 Å². The number of nitrogens with two attached hydrogens (primary N) is 1. The van der Waals surface area contributed by atoms with Crippen molar-refractivity contribution in [1.29, 1.82) is 0 Å². The normalized spacial score (nSPS) is 21.6. The van der Waals surface area contributed by atoms with Crippen LogP contribution in [0.15, 0.2) is 18.2 Å². The molecule has 1 aromatic carbocycles. The number of methoxy groups -OCH3 is 2. The molecule has 0 aliphatic carbocycles. The van der Waals surface area contributed by atoms with Gasteiger partial charge in [0.2, 0.25) is 0 Å². The first-order chi connectivity index (χ1) is 10.2. The minimum absolute atomic E-state index is 0.235. The highest BCUT2D eigenvalue weighted by Crippen LogP contribution is 2.31. The summed E-state index contributed by atoms with van der Waals surface area (Å²) in [6.45, 7) is 5.19. The minimum Gasteiger partial charge on any atom is -0.497 e. The maximum Gasteiger partial charge on any atom is 0.122 e. The standard InChI is InChI=1S/C17H28N2O2/c1-13-5-4-7-19(8-6-13)17(12-18)14-9-15(20-2)11-16(10-14)21-3/h9-11,13,17H,4-8,12,18H2,1-3H3. The molecule has 0 saturated carbocycles. The fourth-order valence-corrected chi connectivity index (χ4v) is 3.11. The number of nitrogens with zero attached hydrogens (tertiary/aromatic N) is 1. The van der Waals surface area contributed by atoms with Crippen molar-refractivity contribution in [3.05, 3.63) is 23.8 Å². The molecule has 0 aromatic heterocycles. The third-order valence-corrected chi connectivity index (χ3v) is 4.47. The summed E-state index contributed by atoms with van der Waals surface area (Å²) in [5, 5.41) is 0. The molecule has 21 heavy (non-hydrogen) atoms. The third kappa shape index (κ3) is 4.11. The first-order valence-electron chi connectivity index (χ1n) is 7.85. The van der Waals surface area contributed by atoms with Gasteiger partial charge in [-0.2, -0.15) is 0 Å². The maximum absolute atomic E-state index is 6.08. The third-order valence-electron chi connectivity index (χ3n) is 4.47. The molecular weight excluding hydrogens is 264 g/mol. The largest absolute Gasteiger partial charge is 0.497 e. The molecule has 0 bridgehead atoms. The van der Waals surface area contributed by atoms with Gasteiger partial charge < -0.3 is 15.2 Å². The Morgan fingerprint density at radius 1 is 1.14 bits per heavy atom. The Hall–Kier alpha value is -1.26. The molecule has 0 spiro atoms.